The Bertz CT molecular complexity index is 290. The second kappa shape index (κ2) is 3.99. The minimum atomic E-state index is 0. The van der Waals surface area contributed by atoms with Gasteiger partial charge in [-0.2, -0.15) is 0 Å². The van der Waals surface area contributed by atoms with Gasteiger partial charge in [-0.05, 0) is 24.1 Å². The van der Waals surface area contributed by atoms with Crippen molar-refractivity contribution in [2.24, 2.45) is 5.73 Å². The third-order valence-corrected chi connectivity index (χ3v) is 2.36. The quantitative estimate of drug-likeness (QED) is 0.790. The van der Waals surface area contributed by atoms with Crippen molar-refractivity contribution in [3.63, 3.8) is 0 Å². The van der Waals surface area contributed by atoms with E-state index in [0.29, 0.717) is 12.0 Å². The van der Waals surface area contributed by atoms with E-state index in [0.717, 1.165) is 12.2 Å². The SMILES string of the molecule is COc1cccc([C@@H]2C[C@H]2N)c1.Cl. The summed E-state index contributed by atoms with van der Waals surface area (Å²) in [5.74, 6) is 1.49. The molecule has 72 valence electrons. The predicted molar refractivity (Wildman–Crippen MR) is 55.6 cm³/mol. The lowest BCUT2D eigenvalue weighted by Crippen LogP contribution is -2.00. The average Bonchev–Trinajstić information content (AvgIpc) is 2.83. The van der Waals surface area contributed by atoms with Crippen molar-refractivity contribution in [3.8, 4) is 5.75 Å². The maximum atomic E-state index is 5.75. The highest BCUT2D eigenvalue weighted by molar-refractivity contribution is 5.85. The van der Waals surface area contributed by atoms with Gasteiger partial charge in [0.2, 0.25) is 0 Å². The van der Waals surface area contributed by atoms with E-state index in [1.807, 2.05) is 12.1 Å². The van der Waals surface area contributed by atoms with Gasteiger partial charge < -0.3 is 10.5 Å². The van der Waals surface area contributed by atoms with Gasteiger partial charge in [-0.3, -0.25) is 0 Å². The van der Waals surface area contributed by atoms with Crippen LogP contribution in [0.1, 0.15) is 17.9 Å². The van der Waals surface area contributed by atoms with E-state index in [-0.39, 0.29) is 12.4 Å². The highest BCUT2D eigenvalue weighted by Crippen LogP contribution is 2.39. The van der Waals surface area contributed by atoms with Crippen molar-refractivity contribution in [2.45, 2.75) is 18.4 Å². The van der Waals surface area contributed by atoms with E-state index in [1.165, 1.54) is 5.56 Å². The Balaban J connectivity index is 0.000000845. The lowest BCUT2D eigenvalue weighted by molar-refractivity contribution is 0.414. The van der Waals surface area contributed by atoms with Crippen LogP contribution in [0.15, 0.2) is 24.3 Å². The average molecular weight is 200 g/mol. The fraction of sp³-hybridized carbons (Fsp3) is 0.400. The summed E-state index contributed by atoms with van der Waals surface area (Å²) < 4.78 is 5.13. The molecule has 2 nitrogen and oxygen atoms in total. The number of methoxy groups -OCH3 is 1. The molecule has 1 aliphatic rings. The summed E-state index contributed by atoms with van der Waals surface area (Å²) in [5.41, 5.74) is 7.06. The van der Waals surface area contributed by atoms with Crippen LogP contribution in [0.4, 0.5) is 0 Å². The van der Waals surface area contributed by atoms with Crippen molar-refractivity contribution < 1.29 is 4.74 Å². The lowest BCUT2D eigenvalue weighted by atomic mass is 10.1. The van der Waals surface area contributed by atoms with Crippen LogP contribution in [0.5, 0.6) is 5.75 Å². The van der Waals surface area contributed by atoms with Gasteiger partial charge in [0.05, 0.1) is 7.11 Å². The standard InChI is InChI=1S/C10H13NO.ClH/c1-12-8-4-2-3-7(5-8)9-6-10(9)11;/h2-5,9-10H,6,11H2,1H3;1H/t9-,10+;/m0./s1. The normalized spacial score (nSPS) is 24.8. The van der Waals surface area contributed by atoms with Gasteiger partial charge in [0, 0.05) is 12.0 Å². The summed E-state index contributed by atoms with van der Waals surface area (Å²) in [5, 5.41) is 0. The molecular formula is C10H14ClNO. The van der Waals surface area contributed by atoms with Crippen LogP contribution in [0.3, 0.4) is 0 Å². The largest absolute Gasteiger partial charge is 0.497 e. The van der Waals surface area contributed by atoms with E-state index >= 15 is 0 Å². The Kier molecular flexibility index (Phi) is 3.17. The topological polar surface area (TPSA) is 35.2 Å². The molecule has 0 aromatic heterocycles. The van der Waals surface area contributed by atoms with Crippen molar-refractivity contribution in [2.75, 3.05) is 7.11 Å². The maximum absolute atomic E-state index is 5.75. The fourth-order valence-corrected chi connectivity index (χ4v) is 1.47. The first-order valence-corrected chi connectivity index (χ1v) is 4.21. The smallest absolute Gasteiger partial charge is 0.119 e. The van der Waals surface area contributed by atoms with Crippen molar-refractivity contribution in [1.29, 1.82) is 0 Å². The number of benzene rings is 1. The monoisotopic (exact) mass is 199 g/mol. The summed E-state index contributed by atoms with van der Waals surface area (Å²) in [4.78, 5) is 0. The second-order valence-electron chi connectivity index (χ2n) is 3.28. The van der Waals surface area contributed by atoms with Crippen LogP contribution in [-0.4, -0.2) is 13.2 Å². The molecule has 0 radical (unpaired) electrons. The van der Waals surface area contributed by atoms with E-state index in [4.69, 9.17) is 10.5 Å². The van der Waals surface area contributed by atoms with Gasteiger partial charge in [0.1, 0.15) is 5.75 Å². The summed E-state index contributed by atoms with van der Waals surface area (Å²) in [6, 6.07) is 8.52. The van der Waals surface area contributed by atoms with Gasteiger partial charge in [0.15, 0.2) is 0 Å². The number of hydrogen-bond donors (Lipinski definition) is 1. The predicted octanol–water partition coefficient (Wildman–Crippen LogP) is 1.93. The molecule has 1 aromatic carbocycles. The Morgan fingerprint density at radius 2 is 2.15 bits per heavy atom. The first-order valence-electron chi connectivity index (χ1n) is 4.21. The summed E-state index contributed by atoms with van der Waals surface area (Å²) in [7, 11) is 1.69. The van der Waals surface area contributed by atoms with Gasteiger partial charge in [-0.1, -0.05) is 12.1 Å². The third kappa shape index (κ3) is 2.14. The molecule has 0 saturated heterocycles. The second-order valence-corrected chi connectivity index (χ2v) is 3.28. The summed E-state index contributed by atoms with van der Waals surface area (Å²) >= 11 is 0. The number of nitrogens with two attached hydrogens (primary N) is 1. The lowest BCUT2D eigenvalue weighted by Gasteiger charge is -2.02. The molecular weight excluding hydrogens is 186 g/mol. The van der Waals surface area contributed by atoms with E-state index < -0.39 is 0 Å². The Morgan fingerprint density at radius 3 is 2.69 bits per heavy atom. The fourth-order valence-electron chi connectivity index (χ4n) is 1.47. The molecule has 1 aromatic rings. The third-order valence-electron chi connectivity index (χ3n) is 2.36. The molecule has 2 rings (SSSR count). The van der Waals surface area contributed by atoms with Crippen LogP contribution in [0.25, 0.3) is 0 Å². The Hall–Kier alpha value is -0.730. The molecule has 0 unspecified atom stereocenters. The molecule has 0 aliphatic heterocycles. The molecule has 1 fully saturated rings. The zero-order valence-corrected chi connectivity index (χ0v) is 8.38. The maximum Gasteiger partial charge on any atom is 0.119 e. The molecule has 1 aliphatic carbocycles. The zero-order valence-electron chi connectivity index (χ0n) is 7.57. The number of rotatable bonds is 2. The molecule has 2 N–H and O–H groups in total. The minimum absolute atomic E-state index is 0. The van der Waals surface area contributed by atoms with Crippen molar-refractivity contribution >= 4 is 12.4 Å². The summed E-state index contributed by atoms with van der Waals surface area (Å²) in [6.45, 7) is 0. The van der Waals surface area contributed by atoms with Gasteiger partial charge >= 0.3 is 0 Å². The van der Waals surface area contributed by atoms with Crippen molar-refractivity contribution in [1.82, 2.24) is 0 Å². The van der Waals surface area contributed by atoms with Crippen LogP contribution in [-0.2, 0) is 0 Å². The molecule has 3 heteroatoms. The molecule has 0 amide bonds. The van der Waals surface area contributed by atoms with Gasteiger partial charge in [-0.15, -0.1) is 12.4 Å². The molecule has 0 heterocycles. The highest BCUT2D eigenvalue weighted by Gasteiger charge is 2.34. The van der Waals surface area contributed by atoms with E-state index in [1.54, 1.807) is 7.11 Å². The molecule has 2 atom stereocenters. The number of halogens is 1. The molecule has 1 saturated carbocycles. The van der Waals surface area contributed by atoms with Crippen LogP contribution in [0, 0.1) is 0 Å². The van der Waals surface area contributed by atoms with Crippen LogP contribution < -0.4 is 10.5 Å². The van der Waals surface area contributed by atoms with E-state index in [2.05, 4.69) is 12.1 Å². The highest BCUT2D eigenvalue weighted by atomic mass is 35.5. The molecule has 0 bridgehead atoms. The molecule has 13 heavy (non-hydrogen) atoms. The summed E-state index contributed by atoms with van der Waals surface area (Å²) in [6.07, 6.45) is 1.12. The number of hydrogen-bond acceptors (Lipinski definition) is 2. The van der Waals surface area contributed by atoms with Gasteiger partial charge in [0.25, 0.3) is 0 Å². The first kappa shape index (κ1) is 10.4. The Labute approximate surface area is 84.5 Å². The van der Waals surface area contributed by atoms with E-state index in [9.17, 15) is 0 Å². The van der Waals surface area contributed by atoms with Crippen LogP contribution >= 0.6 is 12.4 Å². The zero-order chi connectivity index (χ0) is 8.55. The minimum Gasteiger partial charge on any atom is -0.497 e. The first-order chi connectivity index (χ1) is 5.81. The Morgan fingerprint density at radius 1 is 1.46 bits per heavy atom. The number of ether oxygens (including phenoxy) is 1. The van der Waals surface area contributed by atoms with Crippen LogP contribution in [0.2, 0.25) is 0 Å². The van der Waals surface area contributed by atoms with Gasteiger partial charge in [-0.25, -0.2) is 0 Å². The van der Waals surface area contributed by atoms with Crippen molar-refractivity contribution in [3.05, 3.63) is 29.8 Å². The molecule has 0 spiro atoms.